The lowest BCUT2D eigenvalue weighted by molar-refractivity contribution is -0.139. The van der Waals surface area contributed by atoms with Gasteiger partial charge in [-0.1, -0.05) is 0 Å². The molecule has 1 unspecified atom stereocenters. The van der Waals surface area contributed by atoms with Gasteiger partial charge in [-0.25, -0.2) is 8.42 Å². The van der Waals surface area contributed by atoms with Crippen LogP contribution in [0.2, 0.25) is 0 Å². The molecule has 2 N–H and O–H groups in total. The molecule has 3 rings (SSSR count). The van der Waals surface area contributed by atoms with Crippen LogP contribution in [-0.2, 0) is 19.6 Å². The molecule has 2 heterocycles. The highest BCUT2D eigenvalue weighted by molar-refractivity contribution is 7.89. The number of thiophene rings is 1. The summed E-state index contributed by atoms with van der Waals surface area (Å²) in [5.41, 5.74) is 1.02. The minimum Gasteiger partial charge on any atom is -0.464 e. The van der Waals surface area contributed by atoms with Crippen LogP contribution in [-0.4, -0.2) is 32.9 Å². The molecule has 0 bridgehead atoms. The average Bonchev–Trinajstić information content (AvgIpc) is 3.20. The van der Waals surface area contributed by atoms with Crippen molar-refractivity contribution in [2.45, 2.75) is 17.4 Å². The van der Waals surface area contributed by atoms with E-state index in [9.17, 15) is 18.0 Å². The molecule has 1 atom stereocenters. The van der Waals surface area contributed by atoms with Gasteiger partial charge in [-0.15, -0.1) is 0 Å². The summed E-state index contributed by atoms with van der Waals surface area (Å²) >= 11 is 1.41. The Morgan fingerprint density at radius 3 is 2.54 bits per heavy atom. The van der Waals surface area contributed by atoms with E-state index in [1.807, 2.05) is 0 Å². The van der Waals surface area contributed by atoms with Gasteiger partial charge in [0.2, 0.25) is 10.0 Å². The third kappa shape index (κ3) is 3.64. The van der Waals surface area contributed by atoms with Crippen molar-refractivity contribution in [2.24, 2.45) is 0 Å². The summed E-state index contributed by atoms with van der Waals surface area (Å²) in [5, 5.41) is 6.20. The first-order chi connectivity index (χ1) is 11.5. The lowest BCUT2D eigenvalue weighted by Crippen LogP contribution is -2.37. The maximum absolute atomic E-state index is 12.2. The van der Waals surface area contributed by atoms with Gasteiger partial charge in [0.05, 0.1) is 17.1 Å². The van der Waals surface area contributed by atoms with Gasteiger partial charge in [-0.3, -0.25) is 9.59 Å². The molecule has 126 valence electrons. The number of anilines is 1. The van der Waals surface area contributed by atoms with Gasteiger partial charge in [0, 0.05) is 17.5 Å². The number of benzene rings is 1. The minimum atomic E-state index is -3.83. The van der Waals surface area contributed by atoms with Crippen molar-refractivity contribution in [1.29, 1.82) is 0 Å². The molecule has 1 aliphatic heterocycles. The third-order valence-corrected chi connectivity index (χ3v) is 5.61. The molecular weight excluding hydrogens is 352 g/mol. The van der Waals surface area contributed by atoms with E-state index in [1.165, 1.54) is 35.6 Å². The number of sulfonamides is 1. The fourth-order valence-corrected chi connectivity index (χ4v) is 4.03. The van der Waals surface area contributed by atoms with Crippen LogP contribution in [0, 0.1) is 0 Å². The highest BCUT2D eigenvalue weighted by atomic mass is 32.2. The second-order valence-electron chi connectivity index (χ2n) is 5.12. The number of hydrogen-bond donors (Lipinski definition) is 2. The largest absolute Gasteiger partial charge is 0.464 e. The Labute approximate surface area is 142 Å². The molecule has 0 saturated carbocycles. The van der Waals surface area contributed by atoms with Gasteiger partial charge < -0.3 is 10.1 Å². The van der Waals surface area contributed by atoms with Gasteiger partial charge in [-0.05, 0) is 35.7 Å². The second kappa shape index (κ2) is 6.71. The molecule has 1 fully saturated rings. The smallest absolute Gasteiger partial charge is 0.324 e. The van der Waals surface area contributed by atoms with Crippen molar-refractivity contribution in [3.8, 4) is 0 Å². The summed E-state index contributed by atoms with van der Waals surface area (Å²) < 4.78 is 31.5. The molecule has 24 heavy (non-hydrogen) atoms. The maximum Gasteiger partial charge on any atom is 0.324 e. The van der Waals surface area contributed by atoms with Gasteiger partial charge in [0.25, 0.3) is 5.91 Å². The standard InChI is InChI=1S/C15H14N2O5S2/c18-14(10-6-8-23-9-10)16-11-1-3-12(4-2-11)24(20,21)17-13-5-7-22-15(13)19/h1-4,6,8-9,13,17H,5,7H2,(H,16,18). The van der Waals surface area contributed by atoms with Gasteiger partial charge in [0.15, 0.2) is 0 Å². The number of rotatable bonds is 5. The van der Waals surface area contributed by atoms with Crippen molar-refractivity contribution >= 4 is 38.9 Å². The molecule has 1 amide bonds. The van der Waals surface area contributed by atoms with E-state index in [1.54, 1.807) is 16.8 Å². The number of hydrogen-bond acceptors (Lipinski definition) is 6. The van der Waals surface area contributed by atoms with Crippen LogP contribution in [0.15, 0.2) is 46.0 Å². The molecule has 2 aromatic rings. The molecule has 9 heteroatoms. The summed E-state index contributed by atoms with van der Waals surface area (Å²) in [6.45, 7) is 0.208. The van der Waals surface area contributed by atoms with Crippen LogP contribution in [0.4, 0.5) is 5.69 Å². The first-order valence-electron chi connectivity index (χ1n) is 7.08. The lowest BCUT2D eigenvalue weighted by Gasteiger charge is -2.10. The Morgan fingerprint density at radius 1 is 1.21 bits per heavy atom. The van der Waals surface area contributed by atoms with Crippen molar-refractivity contribution < 1.29 is 22.7 Å². The molecule has 1 saturated heterocycles. The molecule has 0 spiro atoms. The number of carbonyl (C=O) groups is 2. The van der Waals surface area contributed by atoms with E-state index in [2.05, 4.69) is 10.0 Å². The molecule has 1 aromatic carbocycles. The third-order valence-electron chi connectivity index (χ3n) is 3.44. The van der Waals surface area contributed by atoms with E-state index >= 15 is 0 Å². The van der Waals surface area contributed by atoms with Crippen molar-refractivity contribution in [1.82, 2.24) is 4.72 Å². The van der Waals surface area contributed by atoms with Crippen LogP contribution in [0.1, 0.15) is 16.8 Å². The first kappa shape index (κ1) is 16.6. The number of cyclic esters (lactones) is 1. The topological polar surface area (TPSA) is 102 Å². The monoisotopic (exact) mass is 366 g/mol. The zero-order valence-electron chi connectivity index (χ0n) is 12.4. The zero-order chi connectivity index (χ0) is 17.2. The highest BCUT2D eigenvalue weighted by Gasteiger charge is 2.31. The average molecular weight is 366 g/mol. The van der Waals surface area contributed by atoms with Crippen LogP contribution in [0.25, 0.3) is 0 Å². The first-order valence-corrected chi connectivity index (χ1v) is 9.51. The molecule has 0 radical (unpaired) electrons. The van der Waals surface area contributed by atoms with E-state index in [0.29, 0.717) is 17.7 Å². The lowest BCUT2D eigenvalue weighted by atomic mass is 10.3. The normalized spacial score (nSPS) is 17.5. The van der Waals surface area contributed by atoms with Crippen LogP contribution in [0.5, 0.6) is 0 Å². The minimum absolute atomic E-state index is 0.00994. The Balaban J connectivity index is 1.69. The summed E-state index contributed by atoms with van der Waals surface area (Å²) in [7, 11) is -3.83. The van der Waals surface area contributed by atoms with Crippen LogP contribution in [0.3, 0.4) is 0 Å². The SMILES string of the molecule is O=C(Nc1ccc(S(=O)(=O)NC2CCOC2=O)cc1)c1ccsc1. The molecule has 7 nitrogen and oxygen atoms in total. The molecule has 0 aliphatic carbocycles. The summed E-state index contributed by atoms with van der Waals surface area (Å²) in [6.07, 6.45) is 0.312. The van der Waals surface area contributed by atoms with Gasteiger partial charge in [0.1, 0.15) is 6.04 Å². The van der Waals surface area contributed by atoms with E-state index in [-0.39, 0.29) is 17.4 Å². The Bertz CT molecular complexity index is 844. The zero-order valence-corrected chi connectivity index (χ0v) is 14.0. The van der Waals surface area contributed by atoms with Gasteiger partial charge >= 0.3 is 5.97 Å². The fraction of sp³-hybridized carbons (Fsp3) is 0.200. The summed E-state index contributed by atoms with van der Waals surface area (Å²) in [5.74, 6) is -0.836. The van der Waals surface area contributed by atoms with E-state index < -0.39 is 22.0 Å². The predicted octanol–water partition coefficient (Wildman–Crippen LogP) is 1.59. The number of carbonyl (C=O) groups excluding carboxylic acids is 2. The number of nitrogens with one attached hydrogen (secondary N) is 2. The molecular formula is C15H14N2O5S2. The van der Waals surface area contributed by atoms with Crippen molar-refractivity contribution in [3.63, 3.8) is 0 Å². The van der Waals surface area contributed by atoms with Crippen LogP contribution >= 0.6 is 11.3 Å². The quantitative estimate of drug-likeness (QED) is 0.783. The Hall–Kier alpha value is -2.23. The van der Waals surface area contributed by atoms with Gasteiger partial charge in [-0.2, -0.15) is 16.1 Å². The van der Waals surface area contributed by atoms with E-state index in [0.717, 1.165) is 0 Å². The predicted molar refractivity (Wildman–Crippen MR) is 88.4 cm³/mol. The summed E-state index contributed by atoms with van der Waals surface area (Å²) in [6, 6.07) is 6.56. The number of ether oxygens (including phenoxy) is 1. The van der Waals surface area contributed by atoms with Crippen molar-refractivity contribution in [2.75, 3.05) is 11.9 Å². The van der Waals surface area contributed by atoms with Crippen LogP contribution < -0.4 is 10.0 Å². The molecule has 1 aliphatic rings. The number of amides is 1. The van der Waals surface area contributed by atoms with Crippen molar-refractivity contribution in [3.05, 3.63) is 46.7 Å². The maximum atomic E-state index is 12.2. The highest BCUT2D eigenvalue weighted by Crippen LogP contribution is 2.17. The second-order valence-corrected chi connectivity index (χ2v) is 7.61. The number of esters is 1. The molecule has 1 aromatic heterocycles. The van der Waals surface area contributed by atoms with E-state index in [4.69, 9.17) is 4.74 Å². The Kier molecular flexibility index (Phi) is 4.65. The Morgan fingerprint density at radius 2 is 1.96 bits per heavy atom. The fourth-order valence-electron chi connectivity index (χ4n) is 2.17. The summed E-state index contributed by atoms with van der Waals surface area (Å²) in [4.78, 5) is 23.3.